The Hall–Kier alpha value is -3.09. The van der Waals surface area contributed by atoms with Crippen molar-refractivity contribution in [1.29, 1.82) is 0 Å². The van der Waals surface area contributed by atoms with E-state index < -0.39 is 11.9 Å². The number of ether oxygens (including phenoxy) is 1. The van der Waals surface area contributed by atoms with Gasteiger partial charge in [0.1, 0.15) is 5.76 Å². The van der Waals surface area contributed by atoms with Gasteiger partial charge in [-0.2, -0.15) is 0 Å². The SMILES string of the molecule is CCOC(=O)c1ccccc1NC(=O)c1oc2c(c1C)/C(=N\O)CC(C)(C)C2. The molecule has 0 bridgehead atoms. The molecule has 0 saturated heterocycles. The topological polar surface area (TPSA) is 101 Å². The van der Waals surface area contributed by atoms with Gasteiger partial charge in [0.05, 0.1) is 23.6 Å². The van der Waals surface area contributed by atoms with Crippen LogP contribution in [0.2, 0.25) is 0 Å². The van der Waals surface area contributed by atoms with Gasteiger partial charge in [0.25, 0.3) is 5.91 Å². The number of amides is 1. The van der Waals surface area contributed by atoms with Crippen LogP contribution in [0.15, 0.2) is 33.8 Å². The Kier molecular flexibility index (Phi) is 5.27. The third-order valence-electron chi connectivity index (χ3n) is 4.79. The summed E-state index contributed by atoms with van der Waals surface area (Å²) in [5, 5.41) is 15.6. The first-order valence-corrected chi connectivity index (χ1v) is 9.18. The molecule has 1 aliphatic carbocycles. The Labute approximate surface area is 163 Å². The molecule has 0 aliphatic heterocycles. The summed E-state index contributed by atoms with van der Waals surface area (Å²) < 4.78 is 10.9. The van der Waals surface area contributed by atoms with Gasteiger partial charge in [0.2, 0.25) is 0 Å². The lowest BCUT2D eigenvalue weighted by molar-refractivity contribution is 0.0527. The number of carbonyl (C=O) groups excluding carboxylic acids is 2. The van der Waals surface area contributed by atoms with Crippen LogP contribution in [0.3, 0.4) is 0 Å². The monoisotopic (exact) mass is 384 g/mol. The van der Waals surface area contributed by atoms with Crippen molar-refractivity contribution in [1.82, 2.24) is 0 Å². The van der Waals surface area contributed by atoms with Crippen LogP contribution in [-0.2, 0) is 11.2 Å². The maximum absolute atomic E-state index is 12.9. The van der Waals surface area contributed by atoms with E-state index in [9.17, 15) is 14.8 Å². The van der Waals surface area contributed by atoms with Crippen LogP contribution in [0.4, 0.5) is 5.69 Å². The maximum Gasteiger partial charge on any atom is 0.340 e. The zero-order valence-electron chi connectivity index (χ0n) is 16.5. The van der Waals surface area contributed by atoms with Crippen LogP contribution in [0.25, 0.3) is 0 Å². The molecule has 0 spiro atoms. The average Bonchev–Trinajstić information content (AvgIpc) is 2.97. The number of nitrogens with zero attached hydrogens (tertiary/aromatic N) is 1. The minimum Gasteiger partial charge on any atom is -0.462 e. The molecular formula is C21H24N2O5. The summed E-state index contributed by atoms with van der Waals surface area (Å²) in [6.45, 7) is 7.82. The van der Waals surface area contributed by atoms with Crippen molar-refractivity contribution in [3.05, 3.63) is 52.5 Å². The van der Waals surface area contributed by atoms with Gasteiger partial charge in [-0.3, -0.25) is 4.79 Å². The molecule has 2 N–H and O–H groups in total. The summed E-state index contributed by atoms with van der Waals surface area (Å²) in [4.78, 5) is 25.0. The number of nitrogens with one attached hydrogen (secondary N) is 1. The smallest absolute Gasteiger partial charge is 0.340 e. The van der Waals surface area contributed by atoms with Gasteiger partial charge in [0.15, 0.2) is 5.76 Å². The highest BCUT2D eigenvalue weighted by molar-refractivity contribution is 6.10. The van der Waals surface area contributed by atoms with E-state index in [-0.39, 0.29) is 23.3 Å². The van der Waals surface area contributed by atoms with Gasteiger partial charge < -0.3 is 19.7 Å². The van der Waals surface area contributed by atoms with E-state index in [4.69, 9.17) is 9.15 Å². The second-order valence-electron chi connectivity index (χ2n) is 7.64. The van der Waals surface area contributed by atoms with Crippen molar-refractivity contribution >= 4 is 23.3 Å². The Bertz CT molecular complexity index is 956. The zero-order valence-corrected chi connectivity index (χ0v) is 16.5. The highest BCUT2D eigenvalue weighted by Crippen LogP contribution is 2.39. The molecule has 1 aromatic carbocycles. The van der Waals surface area contributed by atoms with Gasteiger partial charge in [-0.25, -0.2) is 4.79 Å². The standard InChI is InChI=1S/C21H24N2O5/c1-5-27-20(25)13-8-6-7-9-14(13)22-19(24)18-12(2)17-15(23-26)10-21(3,4)11-16(17)28-18/h6-9,26H,5,10-11H2,1-4H3,(H,22,24)/b23-15-. The molecule has 0 atom stereocenters. The second kappa shape index (κ2) is 7.50. The van der Waals surface area contributed by atoms with E-state index in [0.29, 0.717) is 41.1 Å². The number of carbonyl (C=O) groups is 2. The lowest BCUT2D eigenvalue weighted by Crippen LogP contribution is -2.27. The first-order valence-electron chi connectivity index (χ1n) is 9.18. The van der Waals surface area contributed by atoms with Crippen LogP contribution < -0.4 is 5.32 Å². The highest BCUT2D eigenvalue weighted by Gasteiger charge is 2.36. The van der Waals surface area contributed by atoms with E-state index in [0.717, 1.165) is 0 Å². The molecule has 0 radical (unpaired) electrons. The lowest BCUT2D eigenvalue weighted by atomic mass is 9.75. The second-order valence-corrected chi connectivity index (χ2v) is 7.64. The number of para-hydroxylation sites is 1. The molecule has 1 heterocycles. The van der Waals surface area contributed by atoms with Crippen molar-refractivity contribution < 1.29 is 24.0 Å². The van der Waals surface area contributed by atoms with Crippen LogP contribution in [0.5, 0.6) is 0 Å². The zero-order chi connectivity index (χ0) is 20.5. The molecule has 3 rings (SSSR count). The quantitative estimate of drug-likeness (QED) is 0.468. The number of benzene rings is 1. The van der Waals surface area contributed by atoms with E-state index in [1.807, 2.05) is 13.8 Å². The lowest BCUT2D eigenvalue weighted by Gasteiger charge is -2.28. The molecule has 2 aromatic rings. The Morgan fingerprint density at radius 3 is 2.68 bits per heavy atom. The van der Waals surface area contributed by atoms with Gasteiger partial charge in [-0.15, -0.1) is 0 Å². The van der Waals surface area contributed by atoms with Gasteiger partial charge in [-0.05, 0) is 37.8 Å². The molecule has 0 unspecified atom stereocenters. The molecule has 1 aromatic heterocycles. The Morgan fingerprint density at radius 1 is 1.29 bits per heavy atom. The molecule has 1 aliphatic rings. The fourth-order valence-electron chi connectivity index (χ4n) is 3.57. The first kappa shape index (κ1) is 19.7. The summed E-state index contributed by atoms with van der Waals surface area (Å²) in [5.41, 5.74) is 2.29. The normalized spacial score (nSPS) is 16.5. The largest absolute Gasteiger partial charge is 0.462 e. The number of furan rings is 1. The number of hydrogen-bond acceptors (Lipinski definition) is 6. The van der Waals surface area contributed by atoms with Crippen LogP contribution in [0, 0.1) is 12.3 Å². The average molecular weight is 384 g/mol. The minimum atomic E-state index is -0.509. The fourth-order valence-corrected chi connectivity index (χ4v) is 3.57. The van der Waals surface area contributed by atoms with E-state index in [1.54, 1.807) is 38.1 Å². The number of fused-ring (bicyclic) bond motifs is 1. The molecule has 1 amide bonds. The number of hydrogen-bond donors (Lipinski definition) is 2. The minimum absolute atomic E-state index is 0.136. The van der Waals surface area contributed by atoms with Crippen LogP contribution in [-0.4, -0.2) is 29.4 Å². The first-order chi connectivity index (χ1) is 13.3. The highest BCUT2D eigenvalue weighted by atomic mass is 16.5. The van der Waals surface area contributed by atoms with E-state index in [1.165, 1.54) is 0 Å². The molecule has 28 heavy (non-hydrogen) atoms. The summed E-state index contributed by atoms with van der Waals surface area (Å²) in [5.74, 6) is -0.211. The Morgan fingerprint density at radius 2 is 2.00 bits per heavy atom. The molecule has 7 nitrogen and oxygen atoms in total. The van der Waals surface area contributed by atoms with Gasteiger partial charge in [-0.1, -0.05) is 31.1 Å². The maximum atomic E-state index is 12.9. The van der Waals surface area contributed by atoms with Crippen molar-refractivity contribution in [2.45, 2.75) is 40.5 Å². The molecule has 0 saturated carbocycles. The fraction of sp³-hybridized carbons (Fsp3) is 0.381. The molecule has 148 valence electrons. The van der Waals surface area contributed by atoms with Crippen LogP contribution >= 0.6 is 0 Å². The van der Waals surface area contributed by atoms with E-state index >= 15 is 0 Å². The molecule has 0 fully saturated rings. The Balaban J connectivity index is 1.94. The third-order valence-corrected chi connectivity index (χ3v) is 4.79. The number of anilines is 1. The summed E-state index contributed by atoms with van der Waals surface area (Å²) in [7, 11) is 0. The molecule has 7 heteroatoms. The van der Waals surface area contributed by atoms with Crippen molar-refractivity contribution in [3.63, 3.8) is 0 Å². The summed E-state index contributed by atoms with van der Waals surface area (Å²) in [6, 6.07) is 6.64. The number of esters is 1. The molecular weight excluding hydrogens is 360 g/mol. The predicted molar refractivity (Wildman–Crippen MR) is 104 cm³/mol. The summed E-state index contributed by atoms with van der Waals surface area (Å²) in [6.07, 6.45) is 1.22. The number of rotatable bonds is 4. The summed E-state index contributed by atoms with van der Waals surface area (Å²) >= 11 is 0. The third kappa shape index (κ3) is 3.65. The van der Waals surface area contributed by atoms with Crippen molar-refractivity contribution in [3.8, 4) is 0 Å². The predicted octanol–water partition coefficient (Wildman–Crippen LogP) is 4.17. The van der Waals surface area contributed by atoms with Crippen LogP contribution in [0.1, 0.15) is 65.0 Å². The van der Waals surface area contributed by atoms with Gasteiger partial charge >= 0.3 is 5.97 Å². The number of oxime groups is 1. The van der Waals surface area contributed by atoms with Crippen molar-refractivity contribution in [2.24, 2.45) is 10.6 Å². The van der Waals surface area contributed by atoms with Gasteiger partial charge in [0, 0.05) is 17.5 Å². The van der Waals surface area contributed by atoms with Crippen molar-refractivity contribution in [2.75, 3.05) is 11.9 Å². The van der Waals surface area contributed by atoms with E-state index in [2.05, 4.69) is 10.5 Å².